The topological polar surface area (TPSA) is 67.8 Å². The van der Waals surface area contributed by atoms with E-state index in [2.05, 4.69) is 5.32 Å². The molecule has 0 aromatic heterocycles. The number of ether oxygens (including phenoxy) is 2. The predicted octanol–water partition coefficient (Wildman–Crippen LogP) is 2.44. The number of carboxylic acids is 1. The number of nitrogens with one attached hydrogen (secondary N) is 1. The van der Waals surface area contributed by atoms with E-state index in [0.717, 1.165) is 17.1 Å². The molecule has 1 heterocycles. The average Bonchev–Trinajstić information content (AvgIpc) is 2.51. The van der Waals surface area contributed by atoms with Gasteiger partial charge in [0.25, 0.3) is 0 Å². The molecule has 0 bridgehead atoms. The quantitative estimate of drug-likeness (QED) is 0.808. The van der Waals surface area contributed by atoms with Crippen molar-refractivity contribution in [1.82, 2.24) is 5.32 Å². The number of hydrogen-bond acceptors (Lipinski definition) is 4. The molecule has 116 valence electrons. The van der Waals surface area contributed by atoms with Crippen LogP contribution in [0.25, 0.3) is 0 Å². The first-order valence-corrected chi connectivity index (χ1v) is 7.44. The lowest BCUT2D eigenvalue weighted by Gasteiger charge is -2.27. The molecule has 0 atom stereocenters. The molecule has 5 nitrogen and oxygen atoms in total. The third-order valence-corrected chi connectivity index (χ3v) is 4.21. The van der Waals surface area contributed by atoms with Gasteiger partial charge in [0.2, 0.25) is 0 Å². The van der Waals surface area contributed by atoms with Crippen molar-refractivity contribution in [3.8, 4) is 11.5 Å². The van der Waals surface area contributed by atoms with Crippen LogP contribution in [0.2, 0.25) is 0 Å². The Kier molecular flexibility index (Phi) is 5.07. The van der Waals surface area contributed by atoms with Crippen molar-refractivity contribution in [1.29, 1.82) is 0 Å². The lowest BCUT2D eigenvalue weighted by atomic mass is 9.82. The lowest BCUT2D eigenvalue weighted by Crippen LogP contribution is -2.40. The Balaban J connectivity index is 1.95. The zero-order valence-electron chi connectivity index (χ0n) is 12.6. The van der Waals surface area contributed by atoms with E-state index < -0.39 is 11.4 Å². The Morgan fingerprint density at radius 3 is 2.52 bits per heavy atom. The van der Waals surface area contributed by atoms with Crippen molar-refractivity contribution >= 4 is 5.97 Å². The van der Waals surface area contributed by atoms with Gasteiger partial charge in [-0.05, 0) is 30.5 Å². The summed E-state index contributed by atoms with van der Waals surface area (Å²) in [6.45, 7) is 6.07. The molecule has 0 radical (unpaired) electrons. The van der Waals surface area contributed by atoms with Crippen LogP contribution in [0.1, 0.15) is 32.3 Å². The first-order chi connectivity index (χ1) is 10.1. The second kappa shape index (κ2) is 6.80. The fraction of sp³-hybridized carbons (Fsp3) is 0.562. The van der Waals surface area contributed by atoms with E-state index in [4.69, 9.17) is 9.47 Å². The molecule has 2 N–H and O–H groups in total. The number of rotatable bonds is 7. The standard InChI is InChI=1S/C16H23NO4/c1-3-16(4-2,15(18)19)11-17-10-12-5-6-13-14(9-12)21-8-7-20-13/h5-6,9,17H,3-4,7-8,10-11H2,1-2H3,(H,18,19). The van der Waals surface area contributed by atoms with E-state index in [-0.39, 0.29) is 0 Å². The van der Waals surface area contributed by atoms with Crippen LogP contribution >= 0.6 is 0 Å². The largest absolute Gasteiger partial charge is 0.486 e. The summed E-state index contributed by atoms with van der Waals surface area (Å²) < 4.78 is 11.0. The summed E-state index contributed by atoms with van der Waals surface area (Å²) in [6, 6.07) is 5.82. The van der Waals surface area contributed by atoms with Crippen LogP contribution in [0, 0.1) is 5.41 Å². The summed E-state index contributed by atoms with van der Waals surface area (Å²) in [5, 5.41) is 12.7. The van der Waals surface area contributed by atoms with E-state index in [0.29, 0.717) is 39.1 Å². The van der Waals surface area contributed by atoms with E-state index in [1.807, 2.05) is 32.0 Å². The number of carbonyl (C=O) groups is 1. The summed E-state index contributed by atoms with van der Waals surface area (Å²) in [5.74, 6) is 0.796. The Morgan fingerprint density at radius 1 is 1.24 bits per heavy atom. The van der Waals surface area contributed by atoms with Crippen LogP contribution in [0.4, 0.5) is 0 Å². The first-order valence-electron chi connectivity index (χ1n) is 7.44. The highest BCUT2D eigenvalue weighted by Gasteiger charge is 2.34. The molecule has 0 spiro atoms. The summed E-state index contributed by atoms with van der Waals surface area (Å²) in [7, 11) is 0. The molecule has 1 aliphatic heterocycles. The fourth-order valence-corrected chi connectivity index (χ4v) is 2.52. The summed E-state index contributed by atoms with van der Waals surface area (Å²) in [4.78, 5) is 11.4. The maximum absolute atomic E-state index is 11.4. The molecule has 0 fully saturated rings. The van der Waals surface area contributed by atoms with E-state index in [1.165, 1.54) is 0 Å². The average molecular weight is 293 g/mol. The molecule has 0 aliphatic carbocycles. The second-order valence-electron chi connectivity index (χ2n) is 5.37. The van der Waals surface area contributed by atoms with Gasteiger partial charge in [0.15, 0.2) is 11.5 Å². The molecule has 1 aliphatic rings. The van der Waals surface area contributed by atoms with Gasteiger partial charge in [-0.25, -0.2) is 0 Å². The minimum absolute atomic E-state index is 0.462. The summed E-state index contributed by atoms with van der Waals surface area (Å²) in [6.07, 6.45) is 1.24. The smallest absolute Gasteiger partial charge is 0.310 e. The van der Waals surface area contributed by atoms with Crippen molar-refractivity contribution in [2.45, 2.75) is 33.2 Å². The Morgan fingerprint density at radius 2 is 1.90 bits per heavy atom. The molecule has 0 amide bonds. The van der Waals surface area contributed by atoms with Crippen molar-refractivity contribution < 1.29 is 19.4 Å². The molecule has 5 heteroatoms. The SMILES string of the molecule is CCC(CC)(CNCc1ccc2c(c1)OCCO2)C(=O)O. The summed E-state index contributed by atoms with van der Waals surface area (Å²) >= 11 is 0. The monoisotopic (exact) mass is 293 g/mol. The van der Waals surface area contributed by atoms with E-state index >= 15 is 0 Å². The van der Waals surface area contributed by atoms with Crippen molar-refractivity contribution in [2.24, 2.45) is 5.41 Å². The number of benzene rings is 1. The van der Waals surface area contributed by atoms with Crippen molar-refractivity contribution in [2.75, 3.05) is 19.8 Å². The molecule has 21 heavy (non-hydrogen) atoms. The Labute approximate surface area is 125 Å². The molecule has 1 aromatic carbocycles. The highest BCUT2D eigenvalue weighted by molar-refractivity contribution is 5.74. The third kappa shape index (κ3) is 3.47. The maximum atomic E-state index is 11.4. The fourth-order valence-electron chi connectivity index (χ4n) is 2.52. The molecular formula is C16H23NO4. The normalized spacial score (nSPS) is 14.0. The van der Waals surface area contributed by atoms with Crippen molar-refractivity contribution in [3.63, 3.8) is 0 Å². The van der Waals surface area contributed by atoms with Gasteiger partial charge in [-0.15, -0.1) is 0 Å². The van der Waals surface area contributed by atoms with Gasteiger partial charge < -0.3 is 19.9 Å². The number of carboxylic acid groups (broad SMARTS) is 1. The first kappa shape index (κ1) is 15.6. The molecule has 0 unspecified atom stereocenters. The number of fused-ring (bicyclic) bond motifs is 1. The Hall–Kier alpha value is -1.75. The van der Waals surface area contributed by atoms with Crippen LogP contribution in [0.15, 0.2) is 18.2 Å². The molecule has 2 rings (SSSR count). The van der Waals surface area contributed by atoms with Crippen LogP contribution < -0.4 is 14.8 Å². The van der Waals surface area contributed by atoms with Crippen LogP contribution in [-0.4, -0.2) is 30.8 Å². The van der Waals surface area contributed by atoms with Gasteiger partial charge in [0.05, 0.1) is 5.41 Å². The number of hydrogen-bond donors (Lipinski definition) is 2. The Bertz CT molecular complexity index is 497. The van der Waals surface area contributed by atoms with Crippen molar-refractivity contribution in [3.05, 3.63) is 23.8 Å². The van der Waals surface area contributed by atoms with Gasteiger partial charge in [-0.1, -0.05) is 19.9 Å². The third-order valence-electron chi connectivity index (χ3n) is 4.21. The van der Waals surface area contributed by atoms with Gasteiger partial charge in [-0.3, -0.25) is 4.79 Å². The minimum atomic E-state index is -0.734. The van der Waals surface area contributed by atoms with Gasteiger partial charge in [0.1, 0.15) is 13.2 Å². The highest BCUT2D eigenvalue weighted by Crippen LogP contribution is 2.31. The molecule has 0 saturated heterocycles. The van der Waals surface area contributed by atoms with Crippen LogP contribution in [-0.2, 0) is 11.3 Å². The maximum Gasteiger partial charge on any atom is 0.310 e. The lowest BCUT2D eigenvalue weighted by molar-refractivity contribution is -0.149. The minimum Gasteiger partial charge on any atom is -0.486 e. The van der Waals surface area contributed by atoms with Crippen LogP contribution in [0.3, 0.4) is 0 Å². The summed E-state index contributed by atoms with van der Waals surface area (Å²) in [5.41, 5.74) is 0.374. The predicted molar refractivity (Wildman–Crippen MR) is 79.8 cm³/mol. The second-order valence-corrected chi connectivity index (χ2v) is 5.37. The zero-order valence-corrected chi connectivity index (χ0v) is 12.6. The van der Waals surface area contributed by atoms with Gasteiger partial charge in [0, 0.05) is 13.1 Å². The zero-order chi connectivity index (χ0) is 15.3. The van der Waals surface area contributed by atoms with E-state index in [1.54, 1.807) is 0 Å². The van der Waals surface area contributed by atoms with Gasteiger partial charge >= 0.3 is 5.97 Å². The molecule has 0 saturated carbocycles. The molecule has 1 aromatic rings. The number of aliphatic carboxylic acids is 1. The van der Waals surface area contributed by atoms with Crippen LogP contribution in [0.5, 0.6) is 11.5 Å². The molecular weight excluding hydrogens is 270 g/mol. The highest BCUT2D eigenvalue weighted by atomic mass is 16.6. The van der Waals surface area contributed by atoms with E-state index in [9.17, 15) is 9.90 Å². The van der Waals surface area contributed by atoms with Gasteiger partial charge in [-0.2, -0.15) is 0 Å².